The number of hydrogen-bond acceptors (Lipinski definition) is 5. The lowest BCUT2D eigenvalue weighted by atomic mass is 10.3. The van der Waals surface area contributed by atoms with Gasteiger partial charge >= 0.3 is 0 Å². The molecule has 1 N–H and O–H groups in total. The molecular weight excluding hydrogens is 361 g/mol. The van der Waals surface area contributed by atoms with Crippen LogP contribution in [0, 0.1) is 22.7 Å². The van der Waals surface area contributed by atoms with Crippen molar-refractivity contribution in [2.24, 2.45) is 0 Å². The zero-order valence-corrected chi connectivity index (χ0v) is 13.3. The van der Waals surface area contributed by atoms with Gasteiger partial charge in [0.25, 0.3) is 0 Å². The van der Waals surface area contributed by atoms with E-state index in [4.69, 9.17) is 45.3 Å². The molecule has 112 valence electrons. The highest BCUT2D eigenvalue weighted by atomic mass is 35.5. The summed E-state index contributed by atoms with van der Waals surface area (Å²) in [6.07, 6.45) is 1.41. The summed E-state index contributed by atoms with van der Waals surface area (Å²) in [5.74, 6) is 0.241. The average Bonchev–Trinajstić information content (AvgIpc) is 3.12. The number of H-pyrrole nitrogens is 1. The first-order valence-electron chi connectivity index (χ1n) is 6.01. The Morgan fingerprint density at radius 1 is 1.09 bits per heavy atom. The van der Waals surface area contributed by atoms with Crippen molar-refractivity contribution in [3.05, 3.63) is 44.8 Å². The van der Waals surface area contributed by atoms with Crippen LogP contribution < -0.4 is 0 Å². The third-order valence-electron chi connectivity index (χ3n) is 2.84. The van der Waals surface area contributed by atoms with E-state index in [2.05, 4.69) is 20.2 Å². The zero-order valence-electron chi connectivity index (χ0n) is 11.0. The van der Waals surface area contributed by atoms with Gasteiger partial charge in [-0.3, -0.25) is 0 Å². The number of nitriles is 2. The summed E-state index contributed by atoms with van der Waals surface area (Å²) >= 11 is 18.1. The smallest absolute Gasteiger partial charge is 0.177 e. The second-order valence-corrected chi connectivity index (χ2v) is 5.52. The number of nitrogens with one attached hydrogen (secondary N) is 1. The Labute approximate surface area is 144 Å². The van der Waals surface area contributed by atoms with Gasteiger partial charge in [-0.25, -0.2) is 4.98 Å². The zero-order chi connectivity index (χ0) is 16.6. The van der Waals surface area contributed by atoms with Crippen LogP contribution >= 0.6 is 34.8 Å². The molecule has 0 spiro atoms. The second kappa shape index (κ2) is 5.90. The maximum atomic E-state index is 8.93. The molecule has 3 aromatic rings. The van der Waals surface area contributed by atoms with E-state index in [1.54, 1.807) is 0 Å². The van der Waals surface area contributed by atoms with Gasteiger partial charge in [0.1, 0.15) is 23.5 Å². The molecule has 10 heteroatoms. The van der Waals surface area contributed by atoms with Crippen LogP contribution in [-0.2, 0) is 0 Å². The number of nitrogens with zero attached hydrogens (tertiary/aromatic N) is 6. The fourth-order valence-electron chi connectivity index (χ4n) is 1.86. The Bertz CT molecular complexity index is 935. The SMILES string of the molecule is N#Cc1nc(-c2cnn(-c3c(Cl)cc(Cl)cc3Cl)n2)[nH]c1C#N. The molecular formula is C13H4Cl3N7. The average molecular weight is 365 g/mol. The van der Waals surface area contributed by atoms with E-state index < -0.39 is 0 Å². The molecule has 2 aromatic heterocycles. The van der Waals surface area contributed by atoms with E-state index in [1.807, 2.05) is 12.1 Å². The Morgan fingerprint density at radius 3 is 2.35 bits per heavy atom. The largest absolute Gasteiger partial charge is 0.327 e. The minimum Gasteiger partial charge on any atom is -0.327 e. The summed E-state index contributed by atoms with van der Waals surface area (Å²) in [5.41, 5.74) is 0.723. The fraction of sp³-hybridized carbons (Fsp3) is 0. The summed E-state index contributed by atoms with van der Waals surface area (Å²) in [6, 6.07) is 6.70. The summed E-state index contributed by atoms with van der Waals surface area (Å²) < 4.78 is 0. The molecule has 23 heavy (non-hydrogen) atoms. The third kappa shape index (κ3) is 2.73. The Kier molecular flexibility index (Phi) is 3.93. The monoisotopic (exact) mass is 363 g/mol. The van der Waals surface area contributed by atoms with Crippen LogP contribution in [0.2, 0.25) is 15.1 Å². The quantitative estimate of drug-likeness (QED) is 0.750. The number of imidazole rings is 1. The lowest BCUT2D eigenvalue weighted by Crippen LogP contribution is -2.01. The van der Waals surface area contributed by atoms with Gasteiger partial charge in [0.2, 0.25) is 0 Å². The van der Waals surface area contributed by atoms with Crippen LogP contribution in [0.1, 0.15) is 11.4 Å². The Hall–Kier alpha value is -2.58. The van der Waals surface area contributed by atoms with Crippen molar-refractivity contribution >= 4 is 34.8 Å². The fourth-order valence-corrected chi connectivity index (χ4v) is 2.83. The van der Waals surface area contributed by atoms with E-state index in [0.29, 0.717) is 16.4 Å². The summed E-state index contributed by atoms with van der Waals surface area (Å²) in [7, 11) is 0. The van der Waals surface area contributed by atoms with Crippen molar-refractivity contribution in [1.82, 2.24) is 25.0 Å². The standard InChI is InChI=1S/C13H4Cl3N7/c14-6-1-7(15)12(8(16)2-6)23-19-5-11(22-23)13-20-9(3-17)10(4-18)21-13/h1-2,5H,(H,20,21). The summed E-state index contributed by atoms with van der Waals surface area (Å²) in [6.45, 7) is 0. The topological polar surface area (TPSA) is 107 Å². The van der Waals surface area contributed by atoms with Crippen LogP contribution in [0.25, 0.3) is 17.2 Å². The van der Waals surface area contributed by atoms with Crippen molar-refractivity contribution in [3.63, 3.8) is 0 Å². The number of benzene rings is 1. The van der Waals surface area contributed by atoms with Crippen LogP contribution in [0.3, 0.4) is 0 Å². The van der Waals surface area contributed by atoms with Crippen LogP contribution in [0.4, 0.5) is 0 Å². The molecule has 3 rings (SSSR count). The predicted octanol–water partition coefficient (Wildman–Crippen LogP) is 3.36. The molecule has 7 nitrogen and oxygen atoms in total. The van der Waals surface area contributed by atoms with Crippen molar-refractivity contribution in [2.45, 2.75) is 0 Å². The molecule has 0 saturated heterocycles. The maximum absolute atomic E-state index is 8.93. The minimum absolute atomic E-state index is 0.0143. The van der Waals surface area contributed by atoms with Gasteiger partial charge in [-0.05, 0) is 12.1 Å². The molecule has 0 unspecified atom stereocenters. The molecule has 0 saturated carbocycles. The first kappa shape index (κ1) is 15.3. The lowest BCUT2D eigenvalue weighted by Gasteiger charge is -2.05. The molecule has 0 aliphatic rings. The highest BCUT2D eigenvalue weighted by molar-refractivity contribution is 6.40. The highest BCUT2D eigenvalue weighted by Gasteiger charge is 2.17. The van der Waals surface area contributed by atoms with Crippen molar-refractivity contribution in [1.29, 1.82) is 10.5 Å². The number of halogens is 3. The molecule has 0 radical (unpaired) electrons. The molecule has 0 aliphatic carbocycles. The van der Waals surface area contributed by atoms with Crippen molar-refractivity contribution < 1.29 is 0 Å². The van der Waals surface area contributed by atoms with Crippen LogP contribution in [0.5, 0.6) is 0 Å². The molecule has 2 heterocycles. The van der Waals surface area contributed by atoms with Crippen molar-refractivity contribution in [2.75, 3.05) is 0 Å². The predicted molar refractivity (Wildman–Crippen MR) is 83.4 cm³/mol. The van der Waals surface area contributed by atoms with E-state index in [9.17, 15) is 0 Å². The minimum atomic E-state index is -0.0143. The Balaban J connectivity index is 2.07. The summed E-state index contributed by atoms with van der Waals surface area (Å²) in [5, 5.41) is 27.1. The first-order valence-corrected chi connectivity index (χ1v) is 7.14. The molecule has 0 aliphatic heterocycles. The molecule has 0 atom stereocenters. The van der Waals surface area contributed by atoms with Gasteiger partial charge in [0.15, 0.2) is 17.2 Å². The molecule has 0 fully saturated rings. The maximum Gasteiger partial charge on any atom is 0.177 e. The highest BCUT2D eigenvalue weighted by Crippen LogP contribution is 2.31. The Morgan fingerprint density at radius 2 is 1.78 bits per heavy atom. The van der Waals surface area contributed by atoms with E-state index in [-0.39, 0.29) is 27.3 Å². The van der Waals surface area contributed by atoms with Gasteiger partial charge in [0, 0.05) is 5.02 Å². The lowest BCUT2D eigenvalue weighted by molar-refractivity contribution is 0.753. The third-order valence-corrected chi connectivity index (χ3v) is 3.63. The van der Waals surface area contributed by atoms with Crippen molar-refractivity contribution in [3.8, 4) is 29.3 Å². The van der Waals surface area contributed by atoms with E-state index in [0.717, 1.165) is 0 Å². The number of rotatable bonds is 2. The van der Waals surface area contributed by atoms with E-state index >= 15 is 0 Å². The number of hydrogen-bond donors (Lipinski definition) is 1. The molecule has 0 bridgehead atoms. The normalized spacial score (nSPS) is 10.3. The van der Waals surface area contributed by atoms with E-state index in [1.165, 1.54) is 23.1 Å². The van der Waals surface area contributed by atoms with Gasteiger partial charge in [-0.15, -0.1) is 9.90 Å². The summed E-state index contributed by atoms with van der Waals surface area (Å²) in [4.78, 5) is 7.92. The van der Waals surface area contributed by atoms with Gasteiger partial charge < -0.3 is 4.98 Å². The first-order chi connectivity index (χ1) is 11.0. The molecule has 0 amide bonds. The number of aromatic nitrogens is 5. The number of aromatic amines is 1. The molecule has 1 aromatic carbocycles. The van der Waals surface area contributed by atoms with Crippen LogP contribution in [0.15, 0.2) is 18.3 Å². The van der Waals surface area contributed by atoms with Gasteiger partial charge in [-0.1, -0.05) is 34.8 Å². The second-order valence-electron chi connectivity index (χ2n) is 4.27. The van der Waals surface area contributed by atoms with Gasteiger partial charge in [-0.2, -0.15) is 15.6 Å². The van der Waals surface area contributed by atoms with Crippen LogP contribution in [-0.4, -0.2) is 25.0 Å². The van der Waals surface area contributed by atoms with Gasteiger partial charge in [0.05, 0.1) is 16.2 Å².